The summed E-state index contributed by atoms with van der Waals surface area (Å²) in [6, 6.07) is -0.987. The first kappa shape index (κ1) is 20.7. The van der Waals surface area contributed by atoms with E-state index in [1.807, 2.05) is 20.8 Å². The van der Waals surface area contributed by atoms with Crippen molar-refractivity contribution in [3.8, 4) is 0 Å². The normalized spacial score (nSPS) is 18.3. The van der Waals surface area contributed by atoms with Crippen LogP contribution >= 0.6 is 0 Å². The van der Waals surface area contributed by atoms with Gasteiger partial charge < -0.3 is 25.4 Å². The standard InChI is InChI=1S/C17H33N3O4/c1-12(2)9-15(19-17(23)18-13(3)11-24-4)16(22)20-7-5-14(10-21)6-8-20/h12-15,21H,5-11H2,1-4H3,(H2,18,19,23). The first-order valence-corrected chi connectivity index (χ1v) is 8.83. The van der Waals surface area contributed by atoms with Crippen molar-refractivity contribution in [1.82, 2.24) is 15.5 Å². The number of likely N-dealkylation sites (tertiary alicyclic amines) is 1. The zero-order chi connectivity index (χ0) is 18.1. The first-order chi connectivity index (χ1) is 11.4. The van der Waals surface area contributed by atoms with Gasteiger partial charge in [-0.25, -0.2) is 4.79 Å². The lowest BCUT2D eigenvalue weighted by Crippen LogP contribution is -2.54. The maximum absolute atomic E-state index is 12.8. The lowest BCUT2D eigenvalue weighted by Gasteiger charge is -2.34. The molecule has 7 nitrogen and oxygen atoms in total. The van der Waals surface area contributed by atoms with Crippen molar-refractivity contribution in [2.75, 3.05) is 33.4 Å². The molecule has 1 aliphatic heterocycles. The lowest BCUT2D eigenvalue weighted by molar-refractivity contribution is -0.135. The fourth-order valence-corrected chi connectivity index (χ4v) is 2.96. The van der Waals surface area contributed by atoms with Crippen LogP contribution in [0.1, 0.15) is 40.0 Å². The maximum atomic E-state index is 12.8. The molecule has 1 aliphatic rings. The van der Waals surface area contributed by atoms with Crippen LogP contribution in [0, 0.1) is 11.8 Å². The van der Waals surface area contributed by atoms with Gasteiger partial charge in [0.25, 0.3) is 0 Å². The van der Waals surface area contributed by atoms with E-state index in [1.165, 1.54) is 0 Å². The number of ether oxygens (including phenoxy) is 1. The molecule has 0 bridgehead atoms. The predicted molar refractivity (Wildman–Crippen MR) is 92.6 cm³/mol. The number of nitrogens with one attached hydrogen (secondary N) is 2. The van der Waals surface area contributed by atoms with E-state index < -0.39 is 6.04 Å². The summed E-state index contributed by atoms with van der Waals surface area (Å²) in [4.78, 5) is 26.7. The van der Waals surface area contributed by atoms with Crippen molar-refractivity contribution in [1.29, 1.82) is 0 Å². The summed E-state index contributed by atoms with van der Waals surface area (Å²) >= 11 is 0. The van der Waals surface area contributed by atoms with E-state index in [0.717, 1.165) is 12.8 Å². The van der Waals surface area contributed by atoms with Crippen molar-refractivity contribution in [2.45, 2.75) is 52.1 Å². The number of nitrogens with zero attached hydrogens (tertiary/aromatic N) is 1. The summed E-state index contributed by atoms with van der Waals surface area (Å²) in [6.45, 7) is 7.79. The molecule has 1 fully saturated rings. The smallest absolute Gasteiger partial charge is 0.315 e. The Balaban J connectivity index is 2.60. The Morgan fingerprint density at radius 1 is 1.21 bits per heavy atom. The van der Waals surface area contributed by atoms with Crippen molar-refractivity contribution < 1.29 is 19.4 Å². The minimum atomic E-state index is -0.523. The quantitative estimate of drug-likeness (QED) is 0.612. The molecule has 0 spiro atoms. The molecule has 0 aromatic heterocycles. The van der Waals surface area contributed by atoms with Crippen molar-refractivity contribution in [3.63, 3.8) is 0 Å². The van der Waals surface area contributed by atoms with Crippen LogP contribution in [0.25, 0.3) is 0 Å². The second kappa shape index (κ2) is 10.5. The fraction of sp³-hybridized carbons (Fsp3) is 0.882. The van der Waals surface area contributed by atoms with Gasteiger partial charge in [-0.15, -0.1) is 0 Å². The molecule has 0 aromatic carbocycles. The number of piperidine rings is 1. The number of aliphatic hydroxyl groups is 1. The first-order valence-electron chi connectivity index (χ1n) is 8.83. The van der Waals surface area contributed by atoms with Gasteiger partial charge in [0.05, 0.1) is 12.6 Å². The Hall–Kier alpha value is -1.34. The molecule has 3 amide bonds. The van der Waals surface area contributed by atoms with Gasteiger partial charge in [0.15, 0.2) is 0 Å². The number of hydrogen-bond acceptors (Lipinski definition) is 4. The molecule has 1 heterocycles. The number of rotatable bonds is 8. The van der Waals surface area contributed by atoms with Gasteiger partial charge in [0.1, 0.15) is 6.04 Å². The van der Waals surface area contributed by atoms with E-state index in [4.69, 9.17) is 4.74 Å². The second-order valence-electron chi connectivity index (χ2n) is 7.11. The Labute approximate surface area is 145 Å². The summed E-state index contributed by atoms with van der Waals surface area (Å²) in [5, 5.41) is 14.8. The average molecular weight is 343 g/mol. The molecule has 0 radical (unpaired) electrons. The van der Waals surface area contributed by atoms with Crippen LogP contribution in [-0.2, 0) is 9.53 Å². The third-order valence-corrected chi connectivity index (χ3v) is 4.29. The Morgan fingerprint density at radius 2 is 1.83 bits per heavy atom. The number of amides is 3. The number of hydrogen-bond donors (Lipinski definition) is 3. The highest BCUT2D eigenvalue weighted by Crippen LogP contribution is 2.18. The lowest BCUT2D eigenvalue weighted by atomic mass is 9.96. The van der Waals surface area contributed by atoms with Gasteiger partial charge in [-0.05, 0) is 38.0 Å². The molecular weight excluding hydrogens is 310 g/mol. The minimum Gasteiger partial charge on any atom is -0.396 e. The highest BCUT2D eigenvalue weighted by molar-refractivity contribution is 5.87. The predicted octanol–water partition coefficient (Wildman–Crippen LogP) is 0.966. The van der Waals surface area contributed by atoms with E-state index in [2.05, 4.69) is 10.6 Å². The van der Waals surface area contributed by atoms with Gasteiger partial charge in [-0.1, -0.05) is 13.8 Å². The van der Waals surface area contributed by atoms with E-state index in [0.29, 0.717) is 32.0 Å². The van der Waals surface area contributed by atoms with Crippen LogP contribution in [-0.4, -0.2) is 67.4 Å². The minimum absolute atomic E-state index is 0.0327. The highest BCUT2D eigenvalue weighted by Gasteiger charge is 2.29. The van der Waals surface area contributed by atoms with Crippen LogP contribution in [0.4, 0.5) is 4.79 Å². The summed E-state index contributed by atoms with van der Waals surface area (Å²) in [7, 11) is 1.58. The number of aliphatic hydroxyl groups excluding tert-OH is 1. The van der Waals surface area contributed by atoms with Crippen molar-refractivity contribution in [3.05, 3.63) is 0 Å². The molecule has 1 rings (SSSR count). The Kier molecular flexibility index (Phi) is 9.07. The van der Waals surface area contributed by atoms with Gasteiger partial charge in [0.2, 0.25) is 5.91 Å². The largest absolute Gasteiger partial charge is 0.396 e. The van der Waals surface area contributed by atoms with Crippen LogP contribution in [0.2, 0.25) is 0 Å². The zero-order valence-corrected chi connectivity index (χ0v) is 15.4. The van der Waals surface area contributed by atoms with Gasteiger partial charge >= 0.3 is 6.03 Å². The molecule has 1 saturated heterocycles. The molecule has 2 unspecified atom stereocenters. The molecule has 3 N–H and O–H groups in total. The zero-order valence-electron chi connectivity index (χ0n) is 15.4. The molecule has 0 aliphatic carbocycles. The monoisotopic (exact) mass is 343 g/mol. The molecule has 2 atom stereocenters. The SMILES string of the molecule is COCC(C)NC(=O)NC(CC(C)C)C(=O)N1CCC(CO)CC1. The van der Waals surface area contributed by atoms with E-state index >= 15 is 0 Å². The molecule has 140 valence electrons. The topological polar surface area (TPSA) is 90.9 Å². The molecule has 7 heteroatoms. The third kappa shape index (κ3) is 7.05. The summed E-state index contributed by atoms with van der Waals surface area (Å²) < 4.78 is 5.00. The molecule has 0 aromatic rings. The van der Waals surface area contributed by atoms with E-state index in [1.54, 1.807) is 12.0 Å². The summed E-state index contributed by atoms with van der Waals surface area (Å²) in [5.41, 5.74) is 0. The maximum Gasteiger partial charge on any atom is 0.315 e. The number of urea groups is 1. The molecular formula is C17H33N3O4. The van der Waals surface area contributed by atoms with Crippen molar-refractivity contribution >= 4 is 11.9 Å². The van der Waals surface area contributed by atoms with Crippen LogP contribution in [0.5, 0.6) is 0 Å². The van der Waals surface area contributed by atoms with Gasteiger partial charge in [-0.3, -0.25) is 4.79 Å². The molecule has 24 heavy (non-hydrogen) atoms. The number of carbonyl (C=O) groups excluding carboxylic acids is 2. The van der Waals surface area contributed by atoms with Crippen LogP contribution in [0.3, 0.4) is 0 Å². The number of methoxy groups -OCH3 is 1. The summed E-state index contributed by atoms with van der Waals surface area (Å²) in [5.74, 6) is 0.545. The van der Waals surface area contributed by atoms with Crippen molar-refractivity contribution in [2.24, 2.45) is 11.8 Å². The average Bonchev–Trinajstić information content (AvgIpc) is 2.53. The number of carbonyl (C=O) groups is 2. The van der Waals surface area contributed by atoms with E-state index in [-0.39, 0.29) is 30.5 Å². The molecule has 0 saturated carbocycles. The van der Waals surface area contributed by atoms with Crippen LogP contribution in [0.15, 0.2) is 0 Å². The third-order valence-electron chi connectivity index (χ3n) is 4.29. The summed E-state index contributed by atoms with van der Waals surface area (Å²) in [6.07, 6.45) is 2.23. The highest BCUT2D eigenvalue weighted by atomic mass is 16.5. The Bertz CT molecular complexity index is 395. The van der Waals surface area contributed by atoms with Gasteiger partial charge in [-0.2, -0.15) is 0 Å². The Morgan fingerprint density at radius 3 is 2.33 bits per heavy atom. The fourth-order valence-electron chi connectivity index (χ4n) is 2.96. The van der Waals surface area contributed by atoms with Gasteiger partial charge in [0, 0.05) is 26.8 Å². The second-order valence-corrected chi connectivity index (χ2v) is 7.11. The van der Waals surface area contributed by atoms with Crippen LogP contribution < -0.4 is 10.6 Å². The van der Waals surface area contributed by atoms with E-state index in [9.17, 15) is 14.7 Å².